The van der Waals surface area contributed by atoms with Crippen LogP contribution < -0.4 is 0 Å². The van der Waals surface area contributed by atoms with Crippen LogP contribution in [0.1, 0.15) is 70.6 Å². The van der Waals surface area contributed by atoms with Crippen molar-refractivity contribution in [1.29, 1.82) is 0 Å². The first-order chi connectivity index (χ1) is 8.08. The Kier molecular flexibility index (Phi) is 6.75. The van der Waals surface area contributed by atoms with Gasteiger partial charge in [-0.1, -0.05) is 44.9 Å². The highest BCUT2D eigenvalue weighted by Crippen LogP contribution is 2.23. The zero-order chi connectivity index (χ0) is 12.6. The highest BCUT2D eigenvalue weighted by atomic mass is 19.4. The second-order valence-electron chi connectivity index (χ2n) is 5.13. The van der Waals surface area contributed by atoms with E-state index in [0.29, 0.717) is 24.4 Å². The third-order valence-corrected chi connectivity index (χ3v) is 3.42. The maximum absolute atomic E-state index is 12.4. The van der Waals surface area contributed by atoms with Crippen LogP contribution >= 0.6 is 0 Å². The van der Waals surface area contributed by atoms with E-state index in [9.17, 15) is 12.9 Å². The van der Waals surface area contributed by atoms with Crippen LogP contribution in [0.4, 0.5) is 12.9 Å². The molecule has 0 aromatic rings. The molecular weight excluding hydrogens is 224 g/mol. The fraction of sp³-hybridized carbons (Fsp3) is 0.846. The molecule has 0 bridgehead atoms. The van der Waals surface area contributed by atoms with Gasteiger partial charge in [-0.3, -0.25) is 0 Å². The van der Waals surface area contributed by atoms with Gasteiger partial charge in [-0.25, -0.2) is 0 Å². The molecule has 1 rings (SSSR count). The zero-order valence-corrected chi connectivity index (χ0v) is 10.6. The Bertz CT molecular complexity index is 219. The van der Waals surface area contributed by atoms with Crippen LogP contribution in [0.2, 0.25) is 0 Å². The largest absolute Gasteiger partial charge is 0.502 e. The second-order valence-corrected chi connectivity index (χ2v) is 5.13. The predicted octanol–water partition coefficient (Wildman–Crippen LogP) is 5.60. The van der Waals surface area contributed by atoms with E-state index < -0.39 is 6.98 Å². The molecule has 0 aliphatic heterocycles. The molecule has 0 atom stereocenters. The maximum atomic E-state index is 12.4. The standard InChI is InChI=1S/C13H23BF3/c15-14(16,17)12-13-10-8-6-4-2-1-3-5-7-9-11-13/h12H,1-11H2/q-1. The predicted molar refractivity (Wildman–Crippen MR) is 67.9 cm³/mol. The van der Waals surface area contributed by atoms with Crippen LogP contribution in [0, 0.1) is 0 Å². The molecule has 0 nitrogen and oxygen atoms in total. The van der Waals surface area contributed by atoms with Crippen LogP contribution in [0.3, 0.4) is 0 Å². The van der Waals surface area contributed by atoms with Crippen LogP contribution in [0.25, 0.3) is 0 Å². The molecule has 0 spiro atoms. The van der Waals surface area contributed by atoms with Gasteiger partial charge < -0.3 is 12.9 Å². The smallest absolute Gasteiger partial charge is 0.445 e. The SMILES string of the molecule is F[B-](F)(F)C=C1CCCCCCCCCCC1. The summed E-state index contributed by atoms with van der Waals surface area (Å²) in [4.78, 5) is 0. The Morgan fingerprint density at radius 3 is 1.35 bits per heavy atom. The maximum Gasteiger partial charge on any atom is 0.502 e. The molecule has 0 amide bonds. The third-order valence-electron chi connectivity index (χ3n) is 3.42. The van der Waals surface area contributed by atoms with E-state index in [2.05, 4.69) is 0 Å². The number of hydrogen-bond acceptors (Lipinski definition) is 0. The van der Waals surface area contributed by atoms with Crippen LogP contribution in [0.5, 0.6) is 0 Å². The van der Waals surface area contributed by atoms with Crippen molar-refractivity contribution in [2.75, 3.05) is 0 Å². The van der Waals surface area contributed by atoms with Crippen molar-refractivity contribution < 1.29 is 12.9 Å². The van der Waals surface area contributed by atoms with Gasteiger partial charge in [-0.2, -0.15) is 0 Å². The molecule has 0 radical (unpaired) electrons. The highest BCUT2D eigenvalue weighted by Gasteiger charge is 2.19. The zero-order valence-electron chi connectivity index (χ0n) is 10.6. The summed E-state index contributed by atoms with van der Waals surface area (Å²) in [6.07, 6.45) is 11.5. The average molecular weight is 247 g/mol. The first kappa shape index (κ1) is 14.7. The van der Waals surface area contributed by atoms with Gasteiger partial charge in [0.1, 0.15) is 0 Å². The first-order valence-electron chi connectivity index (χ1n) is 6.98. The Hall–Kier alpha value is -0.405. The fourth-order valence-corrected chi connectivity index (χ4v) is 2.50. The lowest BCUT2D eigenvalue weighted by atomic mass is 9.84. The molecule has 1 aliphatic carbocycles. The number of allylic oxidation sites excluding steroid dienone is 1. The van der Waals surface area contributed by atoms with Gasteiger partial charge in [0.25, 0.3) is 0 Å². The van der Waals surface area contributed by atoms with Crippen LogP contribution in [-0.2, 0) is 0 Å². The van der Waals surface area contributed by atoms with Crippen molar-refractivity contribution in [2.24, 2.45) is 0 Å². The second kappa shape index (κ2) is 7.83. The summed E-state index contributed by atoms with van der Waals surface area (Å²) in [6.45, 7) is -4.75. The van der Waals surface area contributed by atoms with Crippen LogP contribution in [0.15, 0.2) is 11.5 Å². The molecule has 0 N–H and O–H groups in total. The topological polar surface area (TPSA) is 0 Å². The molecule has 1 aliphatic rings. The summed E-state index contributed by atoms with van der Waals surface area (Å²) in [6, 6.07) is 0. The molecule has 0 aromatic carbocycles. The lowest BCUT2D eigenvalue weighted by molar-refractivity contribution is 0.495. The molecule has 100 valence electrons. The summed E-state index contributed by atoms with van der Waals surface area (Å²) in [5, 5.41) is 0. The lowest BCUT2D eigenvalue weighted by Crippen LogP contribution is -2.12. The van der Waals surface area contributed by atoms with E-state index in [0.717, 1.165) is 25.7 Å². The van der Waals surface area contributed by atoms with Crippen molar-refractivity contribution in [3.8, 4) is 0 Å². The van der Waals surface area contributed by atoms with Gasteiger partial charge in [-0.05, 0) is 25.7 Å². The molecule has 4 heteroatoms. The quantitative estimate of drug-likeness (QED) is 0.528. The summed E-state index contributed by atoms with van der Waals surface area (Å²) < 4.78 is 37.2. The summed E-state index contributed by atoms with van der Waals surface area (Å²) in [7, 11) is 0. The molecule has 1 saturated carbocycles. The monoisotopic (exact) mass is 247 g/mol. The van der Waals surface area contributed by atoms with Gasteiger partial charge in [0.05, 0.1) is 0 Å². The Labute approximate surface area is 103 Å². The minimum Gasteiger partial charge on any atom is -0.445 e. The summed E-state index contributed by atoms with van der Waals surface area (Å²) >= 11 is 0. The Morgan fingerprint density at radius 1 is 0.647 bits per heavy atom. The minimum atomic E-state index is -4.75. The van der Waals surface area contributed by atoms with Crippen LogP contribution in [-0.4, -0.2) is 6.98 Å². The minimum absolute atomic E-state index is 0.603. The van der Waals surface area contributed by atoms with Crippen molar-refractivity contribution in [2.45, 2.75) is 70.6 Å². The summed E-state index contributed by atoms with van der Waals surface area (Å²) in [5.74, 6) is 0.603. The molecule has 0 unspecified atom stereocenters. The summed E-state index contributed by atoms with van der Waals surface area (Å²) in [5.41, 5.74) is 0.637. The molecular formula is C13H23BF3-. The normalized spacial score (nSPS) is 21.5. The van der Waals surface area contributed by atoms with Gasteiger partial charge in [0.15, 0.2) is 0 Å². The van der Waals surface area contributed by atoms with Gasteiger partial charge in [0, 0.05) is 0 Å². The van der Waals surface area contributed by atoms with E-state index in [4.69, 9.17) is 0 Å². The molecule has 17 heavy (non-hydrogen) atoms. The number of hydrogen-bond donors (Lipinski definition) is 0. The lowest BCUT2D eigenvalue weighted by Gasteiger charge is -2.15. The van der Waals surface area contributed by atoms with E-state index in [-0.39, 0.29) is 0 Å². The average Bonchev–Trinajstić information content (AvgIpc) is 2.20. The third kappa shape index (κ3) is 8.34. The van der Waals surface area contributed by atoms with Gasteiger partial charge in [-0.15, -0.1) is 11.5 Å². The van der Waals surface area contributed by atoms with Crippen molar-refractivity contribution in [1.82, 2.24) is 0 Å². The molecule has 0 aromatic heterocycles. The molecule has 0 heterocycles. The van der Waals surface area contributed by atoms with E-state index in [1.165, 1.54) is 32.1 Å². The Morgan fingerprint density at radius 2 is 1.00 bits per heavy atom. The molecule has 0 saturated heterocycles. The van der Waals surface area contributed by atoms with Gasteiger partial charge >= 0.3 is 6.98 Å². The van der Waals surface area contributed by atoms with Crippen molar-refractivity contribution in [3.63, 3.8) is 0 Å². The van der Waals surface area contributed by atoms with E-state index in [1.54, 1.807) is 0 Å². The van der Waals surface area contributed by atoms with E-state index in [1.807, 2.05) is 0 Å². The Balaban J connectivity index is 2.45. The van der Waals surface area contributed by atoms with Crippen molar-refractivity contribution >= 4 is 6.98 Å². The fourth-order valence-electron chi connectivity index (χ4n) is 2.50. The highest BCUT2D eigenvalue weighted by molar-refractivity contribution is 6.64. The molecule has 1 fully saturated rings. The first-order valence-corrected chi connectivity index (χ1v) is 6.98. The van der Waals surface area contributed by atoms with Crippen molar-refractivity contribution in [3.05, 3.63) is 11.5 Å². The number of halogens is 3. The number of rotatable bonds is 1. The van der Waals surface area contributed by atoms with Gasteiger partial charge in [0.2, 0.25) is 0 Å². The van der Waals surface area contributed by atoms with E-state index >= 15 is 0 Å².